The standard InChI is InChI=1S/C21H20N4OS/c1-14-11-24(8-7-22-14)21(26)18-12-25-19(17-5-3-2-4-16(17)18)10-23-20(25)15-6-9-27-13-15/h2-6,9-10,12-14,22H,7-8,11H2,1H3. The Kier molecular flexibility index (Phi) is 3.95. The fraction of sp³-hybridized carbons (Fsp3) is 0.238. The lowest BCUT2D eigenvalue weighted by Crippen LogP contribution is -2.51. The van der Waals surface area contributed by atoms with E-state index < -0.39 is 0 Å². The summed E-state index contributed by atoms with van der Waals surface area (Å²) in [6.07, 6.45) is 3.86. The van der Waals surface area contributed by atoms with Gasteiger partial charge in [-0.3, -0.25) is 9.20 Å². The van der Waals surface area contributed by atoms with Gasteiger partial charge in [-0.05, 0) is 23.8 Å². The Morgan fingerprint density at radius 2 is 2.11 bits per heavy atom. The van der Waals surface area contributed by atoms with Gasteiger partial charge in [0, 0.05) is 48.2 Å². The Balaban J connectivity index is 1.72. The number of fused-ring (bicyclic) bond motifs is 3. The van der Waals surface area contributed by atoms with Gasteiger partial charge in [0.15, 0.2) is 0 Å². The number of benzene rings is 1. The molecule has 0 saturated carbocycles. The van der Waals surface area contributed by atoms with E-state index in [1.54, 1.807) is 11.3 Å². The highest BCUT2D eigenvalue weighted by atomic mass is 32.1. The molecule has 6 heteroatoms. The molecule has 0 aliphatic carbocycles. The van der Waals surface area contributed by atoms with E-state index in [9.17, 15) is 4.79 Å². The van der Waals surface area contributed by atoms with Crippen LogP contribution in [0.25, 0.3) is 27.7 Å². The van der Waals surface area contributed by atoms with Crippen molar-refractivity contribution in [3.8, 4) is 11.4 Å². The molecule has 1 saturated heterocycles. The van der Waals surface area contributed by atoms with Gasteiger partial charge in [-0.1, -0.05) is 24.3 Å². The van der Waals surface area contributed by atoms with E-state index in [1.807, 2.05) is 40.9 Å². The second-order valence-corrected chi connectivity index (χ2v) is 7.82. The van der Waals surface area contributed by atoms with Crippen molar-refractivity contribution in [3.05, 3.63) is 59.0 Å². The molecule has 0 spiro atoms. The van der Waals surface area contributed by atoms with Crippen LogP contribution in [0.2, 0.25) is 0 Å². The molecule has 136 valence electrons. The first-order valence-corrected chi connectivity index (χ1v) is 10.1. The number of rotatable bonds is 2. The van der Waals surface area contributed by atoms with E-state index in [1.165, 1.54) is 0 Å². The zero-order valence-corrected chi connectivity index (χ0v) is 15.9. The van der Waals surface area contributed by atoms with Crippen LogP contribution in [0.1, 0.15) is 17.3 Å². The minimum absolute atomic E-state index is 0.0893. The number of pyridine rings is 1. The third-order valence-corrected chi connectivity index (χ3v) is 5.90. The lowest BCUT2D eigenvalue weighted by molar-refractivity contribution is 0.0710. The molecule has 1 unspecified atom stereocenters. The van der Waals surface area contributed by atoms with Crippen molar-refractivity contribution in [1.82, 2.24) is 19.6 Å². The van der Waals surface area contributed by atoms with Gasteiger partial charge in [-0.25, -0.2) is 4.98 Å². The zero-order valence-electron chi connectivity index (χ0n) is 15.1. The Labute approximate surface area is 161 Å². The summed E-state index contributed by atoms with van der Waals surface area (Å²) in [4.78, 5) is 20.0. The molecular weight excluding hydrogens is 356 g/mol. The third-order valence-electron chi connectivity index (χ3n) is 5.21. The second kappa shape index (κ2) is 6.48. The van der Waals surface area contributed by atoms with Crippen LogP contribution in [0.3, 0.4) is 0 Å². The van der Waals surface area contributed by atoms with E-state index in [-0.39, 0.29) is 5.91 Å². The number of aromatic nitrogens is 2. The molecule has 3 aromatic heterocycles. The summed E-state index contributed by atoms with van der Waals surface area (Å²) >= 11 is 1.65. The topological polar surface area (TPSA) is 49.6 Å². The quantitative estimate of drug-likeness (QED) is 0.581. The van der Waals surface area contributed by atoms with Gasteiger partial charge >= 0.3 is 0 Å². The number of nitrogens with one attached hydrogen (secondary N) is 1. The molecule has 5 rings (SSSR count). The van der Waals surface area contributed by atoms with Crippen molar-refractivity contribution in [2.45, 2.75) is 13.0 Å². The molecular formula is C21H20N4OS. The van der Waals surface area contributed by atoms with Gasteiger partial charge in [-0.15, -0.1) is 0 Å². The minimum Gasteiger partial charge on any atom is -0.336 e. The Bertz CT molecular complexity index is 1130. The smallest absolute Gasteiger partial charge is 0.256 e. The molecule has 1 fully saturated rings. The second-order valence-electron chi connectivity index (χ2n) is 7.04. The fourth-order valence-electron chi connectivity index (χ4n) is 3.89. The highest BCUT2D eigenvalue weighted by Gasteiger charge is 2.24. The van der Waals surface area contributed by atoms with Crippen LogP contribution in [-0.2, 0) is 0 Å². The minimum atomic E-state index is 0.0893. The predicted octanol–water partition coefficient (Wildman–Crippen LogP) is 3.65. The summed E-state index contributed by atoms with van der Waals surface area (Å²) in [5.74, 6) is 0.964. The first-order valence-electron chi connectivity index (χ1n) is 9.16. The van der Waals surface area contributed by atoms with E-state index in [4.69, 9.17) is 0 Å². The number of piperazine rings is 1. The monoisotopic (exact) mass is 376 g/mol. The van der Waals surface area contributed by atoms with E-state index >= 15 is 0 Å². The maximum absolute atomic E-state index is 13.4. The molecule has 1 atom stereocenters. The van der Waals surface area contributed by atoms with Crippen LogP contribution in [0.5, 0.6) is 0 Å². The Morgan fingerprint density at radius 1 is 1.26 bits per heavy atom. The van der Waals surface area contributed by atoms with Gasteiger partial charge in [0.05, 0.1) is 17.3 Å². The van der Waals surface area contributed by atoms with Crippen LogP contribution < -0.4 is 5.32 Å². The van der Waals surface area contributed by atoms with Crippen molar-refractivity contribution in [2.24, 2.45) is 0 Å². The zero-order chi connectivity index (χ0) is 18.4. The van der Waals surface area contributed by atoms with Crippen LogP contribution in [0.15, 0.2) is 53.5 Å². The van der Waals surface area contributed by atoms with Gasteiger partial charge in [0.1, 0.15) is 5.82 Å². The normalized spacial score (nSPS) is 17.7. The number of thiophene rings is 1. The molecule has 1 aliphatic heterocycles. The van der Waals surface area contributed by atoms with Crippen LogP contribution in [0, 0.1) is 0 Å². The van der Waals surface area contributed by atoms with E-state index in [0.29, 0.717) is 6.04 Å². The lowest BCUT2D eigenvalue weighted by atomic mass is 10.0. The number of hydrogen-bond donors (Lipinski definition) is 1. The first kappa shape index (κ1) is 16.5. The average molecular weight is 376 g/mol. The van der Waals surface area contributed by atoms with Gasteiger partial charge in [0.25, 0.3) is 5.91 Å². The molecule has 1 amide bonds. The molecule has 1 aliphatic rings. The number of amides is 1. The average Bonchev–Trinajstić information content (AvgIpc) is 3.36. The summed E-state index contributed by atoms with van der Waals surface area (Å²) in [6.45, 7) is 4.41. The number of hydrogen-bond acceptors (Lipinski definition) is 4. The Morgan fingerprint density at radius 3 is 2.89 bits per heavy atom. The molecule has 4 heterocycles. The summed E-state index contributed by atoms with van der Waals surface area (Å²) in [6, 6.07) is 10.5. The lowest BCUT2D eigenvalue weighted by Gasteiger charge is -2.32. The molecule has 0 radical (unpaired) electrons. The van der Waals surface area contributed by atoms with Crippen molar-refractivity contribution < 1.29 is 4.79 Å². The van der Waals surface area contributed by atoms with Gasteiger partial charge < -0.3 is 10.2 Å². The van der Waals surface area contributed by atoms with E-state index in [2.05, 4.69) is 39.1 Å². The summed E-state index contributed by atoms with van der Waals surface area (Å²) in [7, 11) is 0. The first-order chi connectivity index (χ1) is 13.2. The van der Waals surface area contributed by atoms with Crippen molar-refractivity contribution in [1.29, 1.82) is 0 Å². The molecule has 1 N–H and O–H groups in total. The fourth-order valence-corrected chi connectivity index (χ4v) is 4.53. The maximum atomic E-state index is 13.4. The summed E-state index contributed by atoms with van der Waals surface area (Å²) in [5, 5.41) is 9.57. The van der Waals surface area contributed by atoms with Crippen LogP contribution in [0.4, 0.5) is 0 Å². The number of imidazole rings is 1. The van der Waals surface area contributed by atoms with Gasteiger partial charge in [0.2, 0.25) is 0 Å². The predicted molar refractivity (Wildman–Crippen MR) is 109 cm³/mol. The van der Waals surface area contributed by atoms with Crippen LogP contribution in [-0.4, -0.2) is 45.9 Å². The molecule has 0 bridgehead atoms. The maximum Gasteiger partial charge on any atom is 0.256 e. The highest BCUT2D eigenvalue weighted by Crippen LogP contribution is 2.29. The van der Waals surface area contributed by atoms with Crippen LogP contribution >= 0.6 is 11.3 Å². The number of carbonyl (C=O) groups is 1. The molecule has 4 aromatic rings. The van der Waals surface area contributed by atoms with E-state index in [0.717, 1.165) is 52.9 Å². The van der Waals surface area contributed by atoms with Crippen molar-refractivity contribution in [3.63, 3.8) is 0 Å². The molecule has 5 nitrogen and oxygen atoms in total. The third kappa shape index (κ3) is 2.72. The van der Waals surface area contributed by atoms with Gasteiger partial charge in [-0.2, -0.15) is 11.3 Å². The van der Waals surface area contributed by atoms with Crippen molar-refractivity contribution in [2.75, 3.05) is 19.6 Å². The van der Waals surface area contributed by atoms with Crippen molar-refractivity contribution >= 4 is 33.5 Å². The number of nitrogens with zero attached hydrogens (tertiary/aromatic N) is 3. The molecule has 1 aromatic carbocycles. The number of carbonyl (C=O) groups excluding carboxylic acids is 1. The summed E-state index contributed by atoms with van der Waals surface area (Å²) in [5.41, 5.74) is 2.84. The molecule has 27 heavy (non-hydrogen) atoms. The Hall–Kier alpha value is -2.70. The summed E-state index contributed by atoms with van der Waals surface area (Å²) < 4.78 is 2.06. The SMILES string of the molecule is CC1CN(C(=O)c2cn3c(-c4ccsc4)ncc3c3ccccc23)CCN1. The highest BCUT2D eigenvalue weighted by molar-refractivity contribution is 7.08. The largest absolute Gasteiger partial charge is 0.336 e.